The van der Waals surface area contributed by atoms with Gasteiger partial charge >= 0.3 is 10.1 Å². The fourth-order valence-electron chi connectivity index (χ4n) is 2.67. The van der Waals surface area contributed by atoms with Gasteiger partial charge in [0.1, 0.15) is 5.00 Å². The molecule has 1 heterocycles. The van der Waals surface area contributed by atoms with Gasteiger partial charge in [-0.25, -0.2) is 4.79 Å². The van der Waals surface area contributed by atoms with Gasteiger partial charge in [0.25, 0.3) is 0 Å². The van der Waals surface area contributed by atoms with Crippen LogP contribution in [0.5, 0.6) is 0 Å². The van der Waals surface area contributed by atoms with Gasteiger partial charge in [0, 0.05) is 4.88 Å². The zero-order chi connectivity index (χ0) is 15.8. The van der Waals surface area contributed by atoms with Crippen LogP contribution in [-0.4, -0.2) is 10.1 Å². The molecule has 1 amide bonds. The molecule has 0 aliphatic heterocycles. The van der Waals surface area contributed by atoms with E-state index in [9.17, 15) is 4.79 Å². The third-order valence-corrected chi connectivity index (χ3v) is 4.78. The van der Waals surface area contributed by atoms with Crippen molar-refractivity contribution in [2.75, 3.05) is 5.32 Å². The van der Waals surface area contributed by atoms with E-state index in [1.807, 2.05) is 0 Å². The minimum Gasteiger partial charge on any atom is -0.398 e. The van der Waals surface area contributed by atoms with Gasteiger partial charge in [-0.2, -0.15) is 0 Å². The normalized spacial score (nSPS) is 15.5. The zero-order valence-corrected chi connectivity index (χ0v) is 15.3. The summed E-state index contributed by atoms with van der Waals surface area (Å²) in [5, 5.41) is 3.53. The first kappa shape index (κ1) is 17.2. The van der Waals surface area contributed by atoms with E-state index >= 15 is 0 Å². The minimum absolute atomic E-state index is 0.0655. The molecule has 118 valence electrons. The van der Waals surface area contributed by atoms with E-state index in [1.165, 1.54) is 28.8 Å². The molecule has 0 bridgehead atoms. The molecular formula is C14H18Cl3NO2S. The van der Waals surface area contributed by atoms with Crippen molar-refractivity contribution in [1.29, 1.82) is 0 Å². The van der Waals surface area contributed by atoms with Crippen molar-refractivity contribution in [2.24, 2.45) is 0 Å². The minimum atomic E-state index is -2.05. The Morgan fingerprint density at radius 2 is 1.81 bits per heavy atom. The lowest BCUT2D eigenvalue weighted by Crippen LogP contribution is -2.23. The van der Waals surface area contributed by atoms with E-state index in [-0.39, 0.29) is 5.41 Å². The number of aryl methyl sites for hydroxylation is 1. The molecule has 1 aromatic rings. The summed E-state index contributed by atoms with van der Waals surface area (Å²) in [6.45, 7) is 6.40. The van der Waals surface area contributed by atoms with Crippen LogP contribution in [0.15, 0.2) is 0 Å². The average Bonchev–Trinajstić information content (AvgIpc) is 2.62. The number of amides is 1. The molecule has 1 aliphatic carbocycles. The van der Waals surface area contributed by atoms with Gasteiger partial charge in [-0.3, -0.25) is 5.32 Å². The van der Waals surface area contributed by atoms with Gasteiger partial charge < -0.3 is 4.74 Å². The summed E-state index contributed by atoms with van der Waals surface area (Å²) in [6, 6.07) is 0. The Balaban J connectivity index is 2.31. The van der Waals surface area contributed by atoms with Crippen LogP contribution < -0.4 is 5.32 Å². The summed E-state index contributed by atoms with van der Waals surface area (Å²) in [6.07, 6.45) is 3.74. The first-order valence-corrected chi connectivity index (χ1v) is 8.75. The first-order valence-electron chi connectivity index (χ1n) is 6.79. The van der Waals surface area contributed by atoms with Gasteiger partial charge in [0.2, 0.25) is 0 Å². The smallest absolute Gasteiger partial charge is 0.398 e. The van der Waals surface area contributed by atoms with E-state index in [0.717, 1.165) is 17.8 Å². The van der Waals surface area contributed by atoms with Gasteiger partial charge in [-0.15, -0.1) is 11.3 Å². The van der Waals surface area contributed by atoms with Gasteiger partial charge in [0.15, 0.2) is 0 Å². The Morgan fingerprint density at radius 3 is 2.38 bits per heavy atom. The lowest BCUT2D eigenvalue weighted by Gasteiger charge is -2.24. The number of carbonyl (C=O) groups excluding carboxylic acids is 1. The van der Waals surface area contributed by atoms with Crippen molar-refractivity contribution in [3.05, 3.63) is 16.0 Å². The largest absolute Gasteiger partial charge is 0.415 e. The second kappa shape index (κ2) is 6.15. The molecule has 1 aliphatic rings. The number of fused-ring (bicyclic) bond motifs is 1. The lowest BCUT2D eigenvalue weighted by molar-refractivity contribution is 0.160. The molecule has 0 aromatic carbocycles. The Morgan fingerprint density at radius 1 is 1.19 bits per heavy atom. The summed E-state index contributed by atoms with van der Waals surface area (Å²) in [5.74, 6) is 0. The first-order chi connectivity index (χ1) is 9.58. The van der Waals surface area contributed by atoms with Crippen LogP contribution >= 0.6 is 46.1 Å². The van der Waals surface area contributed by atoms with E-state index < -0.39 is 10.1 Å². The average molecular weight is 371 g/mol. The molecule has 3 nitrogen and oxygen atoms in total. The Labute approximate surface area is 143 Å². The van der Waals surface area contributed by atoms with E-state index in [0.29, 0.717) is 0 Å². The van der Waals surface area contributed by atoms with Crippen molar-refractivity contribution in [3.63, 3.8) is 0 Å². The third kappa shape index (κ3) is 4.41. The number of nitrogens with one attached hydrogen (secondary N) is 1. The molecule has 0 saturated carbocycles. The Kier molecular flexibility index (Phi) is 5.04. The summed E-state index contributed by atoms with van der Waals surface area (Å²) in [5.41, 5.74) is 2.47. The number of hydrogen-bond acceptors (Lipinski definition) is 3. The highest BCUT2D eigenvalue weighted by Gasteiger charge is 2.31. The maximum absolute atomic E-state index is 11.8. The molecule has 7 heteroatoms. The molecule has 0 fully saturated rings. The van der Waals surface area contributed by atoms with Crippen LogP contribution in [0.2, 0.25) is 0 Å². The van der Waals surface area contributed by atoms with Crippen LogP contribution in [0.25, 0.3) is 0 Å². The van der Waals surface area contributed by atoms with Crippen molar-refractivity contribution in [3.8, 4) is 0 Å². The third-order valence-electron chi connectivity index (χ3n) is 3.35. The highest BCUT2D eigenvalue weighted by molar-refractivity contribution is 7.16. The predicted octanol–water partition coefficient (Wildman–Crippen LogP) is 5.80. The van der Waals surface area contributed by atoms with Crippen molar-refractivity contribution >= 4 is 57.2 Å². The van der Waals surface area contributed by atoms with E-state index in [1.54, 1.807) is 11.3 Å². The number of ether oxygens (including phenoxy) is 1. The number of halogens is 3. The number of thiophene rings is 1. The molecule has 1 N–H and O–H groups in total. The fourth-order valence-corrected chi connectivity index (χ4v) is 4.37. The summed E-state index contributed by atoms with van der Waals surface area (Å²) in [4.78, 5) is 13.2. The second-order valence-corrected chi connectivity index (χ2v) is 9.41. The number of hydrogen-bond donors (Lipinski definition) is 1. The molecule has 0 unspecified atom stereocenters. The molecule has 0 radical (unpaired) electrons. The highest BCUT2D eigenvalue weighted by Crippen LogP contribution is 2.44. The zero-order valence-electron chi connectivity index (χ0n) is 12.2. The van der Waals surface area contributed by atoms with Crippen LogP contribution in [0.4, 0.5) is 9.80 Å². The predicted molar refractivity (Wildman–Crippen MR) is 90.1 cm³/mol. The van der Waals surface area contributed by atoms with E-state index in [4.69, 9.17) is 39.5 Å². The van der Waals surface area contributed by atoms with Crippen LogP contribution in [0.1, 0.15) is 49.6 Å². The molecular weight excluding hydrogens is 353 g/mol. The molecule has 1 aromatic heterocycles. The molecule has 2 rings (SSSR count). The number of rotatable bonds is 1. The monoisotopic (exact) mass is 369 g/mol. The van der Waals surface area contributed by atoms with Gasteiger partial charge in [0.05, 0.1) is 0 Å². The highest BCUT2D eigenvalue weighted by atomic mass is 35.6. The van der Waals surface area contributed by atoms with Crippen LogP contribution in [-0.2, 0) is 23.0 Å². The van der Waals surface area contributed by atoms with Crippen molar-refractivity contribution < 1.29 is 9.53 Å². The number of alkyl halides is 3. The molecule has 21 heavy (non-hydrogen) atoms. The maximum atomic E-state index is 11.8. The Hall–Kier alpha value is -0.160. The standard InChI is InChI=1S/C14H18Cl3NO2S/c1-13(2,3)10-8-6-4-5-7-9(8)21-11(10)18-12(19)20-14(15,16)17/h4-7H2,1-3H3,(H,18,19). The van der Waals surface area contributed by atoms with Gasteiger partial charge in [-0.05, 0) is 77.0 Å². The molecule has 0 atom stereocenters. The number of carbonyl (C=O) groups is 1. The topological polar surface area (TPSA) is 38.3 Å². The SMILES string of the molecule is CC(C)(C)c1c(NC(=O)OC(Cl)(Cl)Cl)sc2c1CCCC2. The second-order valence-electron chi connectivity index (χ2n) is 6.13. The summed E-state index contributed by atoms with van der Waals surface area (Å²) >= 11 is 18.0. The molecule has 0 saturated heterocycles. The van der Waals surface area contributed by atoms with Crippen molar-refractivity contribution in [2.45, 2.75) is 55.8 Å². The van der Waals surface area contributed by atoms with Crippen LogP contribution in [0, 0.1) is 0 Å². The Bertz CT molecular complexity index is 544. The fraction of sp³-hybridized carbons (Fsp3) is 0.643. The molecule has 0 spiro atoms. The summed E-state index contributed by atoms with van der Waals surface area (Å²) in [7, 11) is 0. The quantitative estimate of drug-likeness (QED) is 0.634. The van der Waals surface area contributed by atoms with E-state index in [2.05, 4.69) is 26.1 Å². The maximum Gasteiger partial charge on any atom is 0.415 e. The summed E-state index contributed by atoms with van der Waals surface area (Å²) < 4.78 is 2.64. The van der Waals surface area contributed by atoms with Crippen LogP contribution in [0.3, 0.4) is 0 Å². The number of anilines is 1. The van der Waals surface area contributed by atoms with Crippen molar-refractivity contribution in [1.82, 2.24) is 0 Å². The van der Waals surface area contributed by atoms with Gasteiger partial charge in [-0.1, -0.05) is 20.8 Å². The lowest BCUT2D eigenvalue weighted by atomic mass is 9.82.